The van der Waals surface area contributed by atoms with Crippen LogP contribution in [0.3, 0.4) is 0 Å². The molecule has 0 aliphatic rings. The van der Waals surface area contributed by atoms with Gasteiger partial charge in [-0.25, -0.2) is 14.2 Å². The largest absolute Gasteiger partial charge is 0.442 e. The van der Waals surface area contributed by atoms with Gasteiger partial charge >= 0.3 is 11.8 Å². The van der Waals surface area contributed by atoms with Crippen molar-refractivity contribution in [2.75, 3.05) is 0 Å². The summed E-state index contributed by atoms with van der Waals surface area (Å²) in [6.07, 6.45) is 0. The summed E-state index contributed by atoms with van der Waals surface area (Å²) in [6, 6.07) is 8.20. The first kappa shape index (κ1) is 16.5. The van der Waals surface area contributed by atoms with Crippen molar-refractivity contribution in [3.05, 3.63) is 40.9 Å². The van der Waals surface area contributed by atoms with Gasteiger partial charge < -0.3 is 5.32 Å². The number of amides is 3. The average molecular weight is 318 g/mol. The molecule has 122 valence electrons. The van der Waals surface area contributed by atoms with E-state index in [2.05, 4.69) is 20.3 Å². The van der Waals surface area contributed by atoms with E-state index in [1.807, 2.05) is 6.07 Å². The molecule has 0 aliphatic carbocycles. The maximum atomic E-state index is 11.9. The predicted octanol–water partition coefficient (Wildman–Crippen LogP) is 1.13. The number of urea groups is 1. The molecule has 0 atom stereocenters. The molecular weight excluding hydrogens is 300 g/mol. The Hall–Kier alpha value is -2.90. The number of benzene rings is 1. The van der Waals surface area contributed by atoms with Gasteiger partial charge in [-0.1, -0.05) is 35.5 Å². The fourth-order valence-corrected chi connectivity index (χ4v) is 1.88. The molecule has 0 spiro atoms. The lowest BCUT2D eigenvalue weighted by Crippen LogP contribution is -2.49. The van der Waals surface area contributed by atoms with Crippen LogP contribution in [0.2, 0.25) is 0 Å². The molecule has 8 heteroatoms. The lowest BCUT2D eigenvalue weighted by atomic mass is 10.1. The molecule has 0 radical (unpaired) electrons. The molecule has 3 amide bonds. The van der Waals surface area contributed by atoms with Crippen LogP contribution in [0.5, 0.6) is 0 Å². The van der Waals surface area contributed by atoms with Crippen molar-refractivity contribution < 1.29 is 14.1 Å². The van der Waals surface area contributed by atoms with Crippen LogP contribution in [-0.2, 0) is 11.3 Å². The second kappa shape index (κ2) is 6.47. The standard InChI is InChI=1S/C15H18N4O4/c1-15(2,3)17-13(21)16-11(20)9-19-12(18-23-14(19)22)10-7-5-4-6-8-10/h4-8H,9H2,1-3H3,(H2,16,17,20,21). The Morgan fingerprint density at radius 1 is 1.22 bits per heavy atom. The van der Waals surface area contributed by atoms with E-state index in [0.717, 1.165) is 4.57 Å². The van der Waals surface area contributed by atoms with Crippen molar-refractivity contribution in [3.8, 4) is 11.4 Å². The van der Waals surface area contributed by atoms with Crippen LogP contribution in [-0.4, -0.2) is 27.2 Å². The number of carbonyl (C=O) groups excluding carboxylic acids is 2. The third kappa shape index (κ3) is 4.53. The molecule has 8 nitrogen and oxygen atoms in total. The molecule has 0 fully saturated rings. The van der Waals surface area contributed by atoms with Crippen LogP contribution in [0.15, 0.2) is 39.6 Å². The first-order valence-corrected chi connectivity index (χ1v) is 7.00. The average Bonchev–Trinajstić information content (AvgIpc) is 2.79. The number of aromatic nitrogens is 2. The Balaban J connectivity index is 2.12. The SMILES string of the molecule is CC(C)(C)NC(=O)NC(=O)Cn1c(-c2ccccc2)noc1=O. The number of hydrogen-bond acceptors (Lipinski definition) is 5. The number of imide groups is 1. The lowest BCUT2D eigenvalue weighted by molar-refractivity contribution is -0.120. The molecule has 0 saturated carbocycles. The summed E-state index contributed by atoms with van der Waals surface area (Å²) in [4.78, 5) is 35.3. The fourth-order valence-electron chi connectivity index (χ4n) is 1.88. The van der Waals surface area contributed by atoms with Crippen LogP contribution in [0.25, 0.3) is 11.4 Å². The number of hydrogen-bond donors (Lipinski definition) is 2. The second-order valence-electron chi connectivity index (χ2n) is 5.98. The molecule has 0 bridgehead atoms. The van der Waals surface area contributed by atoms with Crippen molar-refractivity contribution in [2.45, 2.75) is 32.9 Å². The minimum Gasteiger partial charge on any atom is -0.333 e. The Kier molecular flexibility index (Phi) is 4.63. The van der Waals surface area contributed by atoms with Gasteiger partial charge in [-0.3, -0.25) is 14.6 Å². The van der Waals surface area contributed by atoms with Crippen LogP contribution in [0.1, 0.15) is 20.8 Å². The predicted molar refractivity (Wildman–Crippen MR) is 82.6 cm³/mol. The molecular formula is C15H18N4O4. The molecule has 2 N–H and O–H groups in total. The van der Waals surface area contributed by atoms with E-state index in [-0.39, 0.29) is 12.4 Å². The first-order chi connectivity index (χ1) is 10.8. The molecule has 1 heterocycles. The molecule has 2 rings (SSSR count). The highest BCUT2D eigenvalue weighted by molar-refractivity contribution is 5.94. The maximum Gasteiger partial charge on any atom is 0.442 e. The minimum atomic E-state index is -0.768. The summed E-state index contributed by atoms with van der Waals surface area (Å²) in [5.41, 5.74) is 0.151. The van der Waals surface area contributed by atoms with Crippen molar-refractivity contribution in [2.24, 2.45) is 0 Å². The van der Waals surface area contributed by atoms with Gasteiger partial charge in [0.15, 0.2) is 5.82 Å². The van der Waals surface area contributed by atoms with Gasteiger partial charge in [0.05, 0.1) is 0 Å². The highest BCUT2D eigenvalue weighted by atomic mass is 16.5. The monoisotopic (exact) mass is 318 g/mol. The molecule has 1 aromatic carbocycles. The molecule has 2 aromatic rings. The van der Waals surface area contributed by atoms with Crippen molar-refractivity contribution in [3.63, 3.8) is 0 Å². The van der Waals surface area contributed by atoms with Crippen molar-refractivity contribution >= 4 is 11.9 Å². The van der Waals surface area contributed by atoms with Gasteiger partial charge in [0.1, 0.15) is 6.54 Å². The highest BCUT2D eigenvalue weighted by Crippen LogP contribution is 2.14. The normalized spacial score (nSPS) is 11.1. The molecule has 1 aromatic heterocycles. The van der Waals surface area contributed by atoms with Gasteiger partial charge in [-0.05, 0) is 20.8 Å². The van der Waals surface area contributed by atoms with Gasteiger partial charge in [0, 0.05) is 11.1 Å². The zero-order valence-electron chi connectivity index (χ0n) is 13.1. The quantitative estimate of drug-likeness (QED) is 0.882. The Morgan fingerprint density at radius 3 is 2.48 bits per heavy atom. The number of nitrogens with one attached hydrogen (secondary N) is 2. The van der Waals surface area contributed by atoms with Crippen molar-refractivity contribution in [1.82, 2.24) is 20.4 Å². The summed E-state index contributed by atoms with van der Waals surface area (Å²) in [5.74, 6) is -1.19. The summed E-state index contributed by atoms with van der Waals surface area (Å²) in [6.45, 7) is 4.99. The molecule has 0 saturated heterocycles. The van der Waals surface area contributed by atoms with E-state index >= 15 is 0 Å². The van der Waals surface area contributed by atoms with Crippen LogP contribution in [0.4, 0.5) is 4.79 Å². The summed E-state index contributed by atoms with van der Waals surface area (Å²) < 4.78 is 5.68. The smallest absolute Gasteiger partial charge is 0.333 e. The van der Waals surface area contributed by atoms with E-state index in [9.17, 15) is 14.4 Å². The fraction of sp³-hybridized carbons (Fsp3) is 0.333. The third-order valence-corrected chi connectivity index (χ3v) is 2.76. The Bertz CT molecular complexity index is 756. The maximum absolute atomic E-state index is 11.9. The number of rotatable bonds is 3. The zero-order chi connectivity index (χ0) is 17.0. The van der Waals surface area contributed by atoms with Crippen LogP contribution in [0, 0.1) is 0 Å². The summed E-state index contributed by atoms with van der Waals surface area (Å²) in [7, 11) is 0. The van der Waals surface area contributed by atoms with E-state index in [4.69, 9.17) is 0 Å². The van der Waals surface area contributed by atoms with Gasteiger partial charge in [0.25, 0.3) is 0 Å². The molecule has 23 heavy (non-hydrogen) atoms. The molecule has 0 aliphatic heterocycles. The van der Waals surface area contributed by atoms with E-state index in [0.29, 0.717) is 5.56 Å². The van der Waals surface area contributed by atoms with E-state index in [1.165, 1.54) is 0 Å². The van der Waals surface area contributed by atoms with Gasteiger partial charge in [-0.15, -0.1) is 0 Å². The van der Waals surface area contributed by atoms with Crippen LogP contribution >= 0.6 is 0 Å². The minimum absolute atomic E-state index is 0.224. The number of carbonyl (C=O) groups is 2. The van der Waals surface area contributed by atoms with Gasteiger partial charge in [0.2, 0.25) is 5.91 Å². The zero-order valence-corrected chi connectivity index (χ0v) is 13.1. The number of nitrogens with zero attached hydrogens (tertiary/aromatic N) is 2. The summed E-state index contributed by atoms with van der Waals surface area (Å²) in [5, 5.41) is 8.43. The first-order valence-electron chi connectivity index (χ1n) is 7.00. The highest BCUT2D eigenvalue weighted by Gasteiger charge is 2.19. The summed E-state index contributed by atoms with van der Waals surface area (Å²) >= 11 is 0. The molecule has 0 unspecified atom stereocenters. The third-order valence-electron chi connectivity index (χ3n) is 2.76. The van der Waals surface area contributed by atoms with Crippen LogP contribution < -0.4 is 16.4 Å². The van der Waals surface area contributed by atoms with E-state index in [1.54, 1.807) is 45.0 Å². The van der Waals surface area contributed by atoms with Gasteiger partial charge in [-0.2, -0.15) is 0 Å². The second-order valence-corrected chi connectivity index (χ2v) is 5.98. The Morgan fingerprint density at radius 2 is 1.87 bits per heavy atom. The lowest BCUT2D eigenvalue weighted by Gasteiger charge is -2.20. The topological polar surface area (TPSA) is 106 Å². The van der Waals surface area contributed by atoms with E-state index < -0.39 is 23.2 Å². The Labute approximate surface area is 132 Å². The van der Waals surface area contributed by atoms with Crippen molar-refractivity contribution in [1.29, 1.82) is 0 Å².